The van der Waals surface area contributed by atoms with Crippen LogP contribution in [0.15, 0.2) is 54.9 Å². The molecule has 0 bridgehead atoms. The normalized spacial score (nSPS) is 10.5. The molecule has 21 heavy (non-hydrogen) atoms. The molecule has 4 heteroatoms. The molecule has 0 radical (unpaired) electrons. The first-order valence-corrected chi connectivity index (χ1v) is 6.66. The summed E-state index contributed by atoms with van der Waals surface area (Å²) in [6.07, 6.45) is 3.52. The molecule has 0 saturated carbocycles. The Morgan fingerprint density at radius 3 is 2.90 bits per heavy atom. The lowest BCUT2D eigenvalue weighted by Crippen LogP contribution is -1.99. The van der Waals surface area contributed by atoms with E-state index in [1.54, 1.807) is 19.5 Å². The van der Waals surface area contributed by atoms with E-state index in [1.807, 2.05) is 42.5 Å². The molecule has 0 atom stereocenters. The Morgan fingerprint density at radius 2 is 2.05 bits per heavy atom. The van der Waals surface area contributed by atoms with Crippen LogP contribution in [0.1, 0.15) is 5.56 Å². The van der Waals surface area contributed by atoms with Crippen LogP contribution in [0, 0.1) is 0 Å². The van der Waals surface area contributed by atoms with E-state index < -0.39 is 0 Å². The second-order valence-corrected chi connectivity index (χ2v) is 4.71. The third kappa shape index (κ3) is 2.74. The maximum absolute atomic E-state index is 6.16. The third-order valence-electron chi connectivity index (χ3n) is 3.35. The fourth-order valence-electron chi connectivity index (χ4n) is 2.22. The average Bonchev–Trinajstić information content (AvgIpc) is 2.55. The fraction of sp³-hybridized carbons (Fsp3) is 0.118. The van der Waals surface area contributed by atoms with Crippen molar-refractivity contribution >= 4 is 16.5 Å². The molecule has 3 aromatic rings. The molecular formula is C17H16N2O2. The number of hydrogen-bond acceptors (Lipinski definition) is 4. The topological polar surface area (TPSA) is 57.4 Å². The quantitative estimate of drug-likeness (QED) is 0.744. The number of fused-ring (bicyclic) bond motifs is 1. The summed E-state index contributed by atoms with van der Waals surface area (Å²) in [7, 11) is 1.65. The summed E-state index contributed by atoms with van der Waals surface area (Å²) < 4.78 is 11.0. The predicted molar refractivity (Wildman–Crippen MR) is 83.5 cm³/mol. The second-order valence-electron chi connectivity index (χ2n) is 4.71. The van der Waals surface area contributed by atoms with Crippen LogP contribution in [0.5, 0.6) is 11.5 Å². The zero-order chi connectivity index (χ0) is 14.7. The molecule has 0 aliphatic heterocycles. The van der Waals surface area contributed by atoms with E-state index in [4.69, 9.17) is 15.2 Å². The molecule has 106 valence electrons. The van der Waals surface area contributed by atoms with Crippen LogP contribution in [0.2, 0.25) is 0 Å². The number of ether oxygens (including phenoxy) is 2. The lowest BCUT2D eigenvalue weighted by atomic mass is 10.1. The van der Waals surface area contributed by atoms with Gasteiger partial charge in [0.05, 0.1) is 12.8 Å². The van der Waals surface area contributed by atoms with Crippen LogP contribution < -0.4 is 15.2 Å². The van der Waals surface area contributed by atoms with E-state index in [0.717, 1.165) is 22.1 Å². The average molecular weight is 280 g/mol. The number of nitrogens with zero attached hydrogens (tertiary/aromatic N) is 1. The number of rotatable bonds is 4. The maximum atomic E-state index is 6.16. The van der Waals surface area contributed by atoms with Crippen LogP contribution in [-0.2, 0) is 6.61 Å². The number of benzene rings is 2. The minimum absolute atomic E-state index is 0.442. The van der Waals surface area contributed by atoms with Gasteiger partial charge in [0.1, 0.15) is 18.1 Å². The van der Waals surface area contributed by atoms with E-state index in [9.17, 15) is 0 Å². The summed E-state index contributed by atoms with van der Waals surface area (Å²) in [5.41, 5.74) is 7.83. The van der Waals surface area contributed by atoms with E-state index in [1.165, 1.54) is 0 Å². The number of aromatic nitrogens is 1. The molecule has 1 heterocycles. The largest absolute Gasteiger partial charge is 0.497 e. The van der Waals surface area contributed by atoms with Gasteiger partial charge in [0, 0.05) is 23.2 Å². The molecule has 1 aromatic heterocycles. The Balaban J connectivity index is 1.83. The Bertz CT molecular complexity index is 772. The summed E-state index contributed by atoms with van der Waals surface area (Å²) in [5, 5.41) is 1.96. The Hall–Kier alpha value is -2.75. The molecule has 4 nitrogen and oxygen atoms in total. The smallest absolute Gasteiger partial charge is 0.143 e. The minimum atomic E-state index is 0.442. The highest BCUT2D eigenvalue weighted by Crippen LogP contribution is 2.30. The highest BCUT2D eigenvalue weighted by molar-refractivity contribution is 5.95. The molecule has 3 rings (SSSR count). The van der Waals surface area contributed by atoms with Crippen molar-refractivity contribution in [3.63, 3.8) is 0 Å². The maximum Gasteiger partial charge on any atom is 0.143 e. The van der Waals surface area contributed by atoms with Gasteiger partial charge < -0.3 is 15.2 Å². The minimum Gasteiger partial charge on any atom is -0.497 e. The number of nitrogens with two attached hydrogens (primary N) is 1. The van der Waals surface area contributed by atoms with E-state index in [2.05, 4.69) is 4.98 Å². The summed E-state index contributed by atoms with van der Waals surface area (Å²) >= 11 is 0. The molecular weight excluding hydrogens is 264 g/mol. The van der Waals surface area contributed by atoms with E-state index in [-0.39, 0.29) is 0 Å². The van der Waals surface area contributed by atoms with Crippen molar-refractivity contribution < 1.29 is 9.47 Å². The van der Waals surface area contributed by atoms with Crippen molar-refractivity contribution in [3.05, 3.63) is 60.4 Å². The summed E-state index contributed by atoms with van der Waals surface area (Å²) in [6, 6.07) is 13.5. The van der Waals surface area contributed by atoms with Gasteiger partial charge in [0.2, 0.25) is 0 Å². The highest BCUT2D eigenvalue weighted by Gasteiger charge is 2.06. The first kappa shape index (κ1) is 13.2. The zero-order valence-electron chi connectivity index (χ0n) is 11.7. The summed E-state index contributed by atoms with van der Waals surface area (Å²) in [5.74, 6) is 1.49. The van der Waals surface area contributed by atoms with Crippen molar-refractivity contribution in [2.24, 2.45) is 0 Å². The summed E-state index contributed by atoms with van der Waals surface area (Å²) in [4.78, 5) is 4.09. The Kier molecular flexibility index (Phi) is 3.60. The first-order valence-electron chi connectivity index (χ1n) is 6.66. The van der Waals surface area contributed by atoms with Gasteiger partial charge in [0.15, 0.2) is 0 Å². The van der Waals surface area contributed by atoms with Gasteiger partial charge in [-0.2, -0.15) is 0 Å². The van der Waals surface area contributed by atoms with Crippen LogP contribution in [0.3, 0.4) is 0 Å². The standard InChI is InChI=1S/C17H16N2O2/c1-20-14-4-2-3-12(9-14)11-21-16-6-5-13-10-19-8-7-15(13)17(16)18/h2-10H,11,18H2,1H3. The number of pyridine rings is 1. The van der Waals surface area contributed by atoms with Crippen LogP contribution in [0.25, 0.3) is 10.8 Å². The van der Waals surface area contributed by atoms with Gasteiger partial charge >= 0.3 is 0 Å². The first-order chi connectivity index (χ1) is 10.3. The third-order valence-corrected chi connectivity index (χ3v) is 3.35. The van der Waals surface area contributed by atoms with E-state index >= 15 is 0 Å². The lowest BCUT2D eigenvalue weighted by Gasteiger charge is -2.11. The van der Waals surface area contributed by atoms with Gasteiger partial charge in [0.25, 0.3) is 0 Å². The lowest BCUT2D eigenvalue weighted by molar-refractivity contribution is 0.307. The van der Waals surface area contributed by atoms with E-state index in [0.29, 0.717) is 18.0 Å². The molecule has 0 aliphatic carbocycles. The van der Waals surface area contributed by atoms with Gasteiger partial charge in [-0.1, -0.05) is 12.1 Å². The highest BCUT2D eigenvalue weighted by atomic mass is 16.5. The van der Waals surface area contributed by atoms with Crippen LogP contribution in [0.4, 0.5) is 5.69 Å². The van der Waals surface area contributed by atoms with Crippen molar-refractivity contribution in [2.45, 2.75) is 6.61 Å². The molecule has 0 fully saturated rings. The molecule has 2 N–H and O–H groups in total. The molecule has 0 amide bonds. The van der Waals surface area contributed by atoms with Gasteiger partial charge in [-0.25, -0.2) is 0 Å². The van der Waals surface area contributed by atoms with Crippen LogP contribution in [-0.4, -0.2) is 12.1 Å². The second kappa shape index (κ2) is 5.71. The van der Waals surface area contributed by atoms with Crippen LogP contribution >= 0.6 is 0 Å². The number of hydrogen-bond donors (Lipinski definition) is 1. The predicted octanol–water partition coefficient (Wildman–Crippen LogP) is 3.40. The van der Waals surface area contributed by atoms with Crippen molar-refractivity contribution in [2.75, 3.05) is 12.8 Å². The number of methoxy groups -OCH3 is 1. The number of anilines is 1. The van der Waals surface area contributed by atoms with Gasteiger partial charge in [-0.05, 0) is 35.9 Å². The van der Waals surface area contributed by atoms with Crippen molar-refractivity contribution in [1.82, 2.24) is 4.98 Å². The van der Waals surface area contributed by atoms with Gasteiger partial charge in [-0.3, -0.25) is 4.98 Å². The molecule has 0 spiro atoms. The summed E-state index contributed by atoms with van der Waals surface area (Å²) in [6.45, 7) is 0.442. The fourth-order valence-corrected chi connectivity index (χ4v) is 2.22. The molecule has 0 unspecified atom stereocenters. The number of nitrogen functional groups attached to an aromatic ring is 1. The molecule has 0 aliphatic rings. The Morgan fingerprint density at radius 1 is 1.14 bits per heavy atom. The molecule has 2 aromatic carbocycles. The monoisotopic (exact) mass is 280 g/mol. The molecule has 0 saturated heterocycles. The Labute approximate surface area is 123 Å². The SMILES string of the molecule is COc1cccc(COc2ccc3cnccc3c2N)c1. The zero-order valence-corrected chi connectivity index (χ0v) is 11.7. The van der Waals surface area contributed by atoms with Crippen molar-refractivity contribution in [1.29, 1.82) is 0 Å². The van der Waals surface area contributed by atoms with Crippen molar-refractivity contribution in [3.8, 4) is 11.5 Å². The van der Waals surface area contributed by atoms with Gasteiger partial charge in [-0.15, -0.1) is 0 Å².